The molecule has 24 heavy (non-hydrogen) atoms. The molecule has 0 aliphatic carbocycles. The Kier molecular flexibility index (Phi) is 6.24. The van der Waals surface area contributed by atoms with Gasteiger partial charge in [-0.05, 0) is 56.5 Å². The number of carbonyl (C=O) groups excluding carboxylic acids is 1. The second-order valence-corrected chi connectivity index (χ2v) is 6.05. The lowest BCUT2D eigenvalue weighted by Crippen LogP contribution is -2.13. The Balaban J connectivity index is 1.90. The Morgan fingerprint density at radius 3 is 2.62 bits per heavy atom. The highest BCUT2D eigenvalue weighted by Gasteiger charge is 2.06. The molecule has 0 saturated heterocycles. The number of nitrogens with one attached hydrogen (secondary N) is 1. The molecule has 2 aromatic carbocycles. The minimum atomic E-state index is -0.00910. The first-order valence-corrected chi connectivity index (χ1v) is 8.18. The fourth-order valence-corrected chi connectivity index (χ4v) is 2.50. The van der Waals surface area contributed by atoms with E-state index >= 15 is 0 Å². The smallest absolute Gasteiger partial charge is 0.224 e. The molecule has 0 atom stereocenters. The highest BCUT2D eigenvalue weighted by molar-refractivity contribution is 5.91. The van der Waals surface area contributed by atoms with E-state index in [-0.39, 0.29) is 12.0 Å². The van der Waals surface area contributed by atoms with Gasteiger partial charge in [0.05, 0.1) is 13.2 Å². The number of amides is 1. The summed E-state index contributed by atoms with van der Waals surface area (Å²) in [7, 11) is 1.66. The van der Waals surface area contributed by atoms with E-state index < -0.39 is 0 Å². The third-order valence-electron chi connectivity index (χ3n) is 3.59. The lowest BCUT2D eigenvalue weighted by atomic mass is 10.1. The summed E-state index contributed by atoms with van der Waals surface area (Å²) < 4.78 is 10.9. The van der Waals surface area contributed by atoms with Gasteiger partial charge in [-0.3, -0.25) is 4.79 Å². The molecule has 1 amide bonds. The number of carbonyl (C=O) groups is 1. The van der Waals surface area contributed by atoms with Crippen molar-refractivity contribution in [3.63, 3.8) is 0 Å². The molecule has 4 heteroatoms. The molecule has 0 unspecified atom stereocenters. The van der Waals surface area contributed by atoms with Crippen molar-refractivity contribution >= 4 is 11.6 Å². The zero-order chi connectivity index (χ0) is 17.5. The maximum atomic E-state index is 12.2. The summed E-state index contributed by atoms with van der Waals surface area (Å²) in [6, 6.07) is 13.5. The minimum Gasteiger partial charge on any atom is -0.496 e. The van der Waals surface area contributed by atoms with Crippen molar-refractivity contribution in [2.45, 2.75) is 39.7 Å². The number of hydrogen-bond acceptors (Lipinski definition) is 3. The summed E-state index contributed by atoms with van der Waals surface area (Å²) in [4.78, 5) is 12.2. The number of benzene rings is 2. The van der Waals surface area contributed by atoms with Gasteiger partial charge in [0.1, 0.15) is 11.5 Å². The molecule has 2 aromatic rings. The predicted molar refractivity (Wildman–Crippen MR) is 96.9 cm³/mol. The molecule has 0 radical (unpaired) electrons. The van der Waals surface area contributed by atoms with Gasteiger partial charge in [-0.15, -0.1) is 0 Å². The Hall–Kier alpha value is -2.49. The number of ether oxygens (including phenoxy) is 2. The Bertz CT molecular complexity index is 695. The minimum absolute atomic E-state index is 0.00910. The van der Waals surface area contributed by atoms with Crippen molar-refractivity contribution < 1.29 is 14.3 Å². The standard InChI is InChI=1S/C20H25NO3/c1-14(2)24-18-7-5-6-17(13-18)21-20(22)11-9-16-8-10-19(23-4)15(3)12-16/h5-8,10,12-14H,9,11H2,1-4H3,(H,21,22). The van der Waals surface area contributed by atoms with E-state index in [0.717, 1.165) is 28.3 Å². The van der Waals surface area contributed by atoms with Crippen LogP contribution in [0.1, 0.15) is 31.4 Å². The molecular weight excluding hydrogens is 302 g/mol. The van der Waals surface area contributed by atoms with Crippen LogP contribution in [0.4, 0.5) is 5.69 Å². The number of hydrogen-bond donors (Lipinski definition) is 1. The topological polar surface area (TPSA) is 47.6 Å². The zero-order valence-corrected chi connectivity index (χ0v) is 14.8. The van der Waals surface area contributed by atoms with Gasteiger partial charge in [0.25, 0.3) is 0 Å². The average Bonchev–Trinajstić information content (AvgIpc) is 2.53. The van der Waals surface area contributed by atoms with Crippen LogP contribution in [0.25, 0.3) is 0 Å². The van der Waals surface area contributed by atoms with Crippen molar-refractivity contribution in [1.82, 2.24) is 0 Å². The van der Waals surface area contributed by atoms with Crippen LogP contribution in [0.15, 0.2) is 42.5 Å². The summed E-state index contributed by atoms with van der Waals surface area (Å²) in [6.07, 6.45) is 1.23. The van der Waals surface area contributed by atoms with Crippen molar-refractivity contribution in [2.75, 3.05) is 12.4 Å². The summed E-state index contributed by atoms with van der Waals surface area (Å²) >= 11 is 0. The number of rotatable bonds is 7. The van der Waals surface area contributed by atoms with Crippen LogP contribution in [0, 0.1) is 6.92 Å². The van der Waals surface area contributed by atoms with Gasteiger partial charge in [-0.2, -0.15) is 0 Å². The van der Waals surface area contributed by atoms with E-state index in [1.54, 1.807) is 7.11 Å². The maximum Gasteiger partial charge on any atom is 0.224 e. The maximum absolute atomic E-state index is 12.2. The van der Waals surface area contributed by atoms with Gasteiger partial charge < -0.3 is 14.8 Å². The van der Waals surface area contributed by atoms with E-state index in [1.165, 1.54) is 0 Å². The van der Waals surface area contributed by atoms with E-state index in [0.29, 0.717) is 12.8 Å². The molecule has 0 aliphatic rings. The summed E-state index contributed by atoms with van der Waals surface area (Å²) in [5.41, 5.74) is 2.96. The molecule has 0 bridgehead atoms. The lowest BCUT2D eigenvalue weighted by molar-refractivity contribution is -0.116. The molecule has 0 aliphatic heterocycles. The predicted octanol–water partition coefficient (Wildman–Crippen LogP) is 4.36. The molecule has 0 spiro atoms. The molecule has 0 fully saturated rings. The SMILES string of the molecule is COc1ccc(CCC(=O)Nc2cccc(OC(C)C)c2)cc1C. The van der Waals surface area contributed by atoms with E-state index in [4.69, 9.17) is 9.47 Å². The molecule has 2 rings (SSSR count). The fourth-order valence-electron chi connectivity index (χ4n) is 2.50. The molecule has 4 nitrogen and oxygen atoms in total. The van der Waals surface area contributed by atoms with Gasteiger partial charge in [0.15, 0.2) is 0 Å². The highest BCUT2D eigenvalue weighted by Crippen LogP contribution is 2.20. The zero-order valence-electron chi connectivity index (χ0n) is 14.8. The molecular formula is C20H25NO3. The Morgan fingerprint density at radius 2 is 1.96 bits per heavy atom. The number of anilines is 1. The second-order valence-electron chi connectivity index (χ2n) is 6.05. The van der Waals surface area contributed by atoms with Gasteiger partial charge in [-0.25, -0.2) is 0 Å². The Morgan fingerprint density at radius 1 is 1.17 bits per heavy atom. The first-order valence-electron chi connectivity index (χ1n) is 8.18. The van der Waals surface area contributed by atoms with E-state index in [2.05, 4.69) is 11.4 Å². The Labute approximate surface area is 143 Å². The fraction of sp³-hybridized carbons (Fsp3) is 0.350. The quantitative estimate of drug-likeness (QED) is 0.822. The summed E-state index contributed by atoms with van der Waals surface area (Å²) in [5, 5.41) is 2.92. The van der Waals surface area contributed by atoms with Crippen LogP contribution >= 0.6 is 0 Å². The third-order valence-corrected chi connectivity index (χ3v) is 3.59. The largest absolute Gasteiger partial charge is 0.496 e. The monoisotopic (exact) mass is 327 g/mol. The normalized spacial score (nSPS) is 10.5. The van der Waals surface area contributed by atoms with Crippen molar-refractivity contribution in [3.05, 3.63) is 53.6 Å². The first kappa shape index (κ1) is 17.9. The molecule has 1 N–H and O–H groups in total. The average molecular weight is 327 g/mol. The van der Waals surface area contributed by atoms with Crippen LogP contribution in [0.3, 0.4) is 0 Å². The highest BCUT2D eigenvalue weighted by atomic mass is 16.5. The van der Waals surface area contributed by atoms with Crippen LogP contribution < -0.4 is 14.8 Å². The van der Waals surface area contributed by atoms with Crippen molar-refractivity contribution in [1.29, 1.82) is 0 Å². The lowest BCUT2D eigenvalue weighted by Gasteiger charge is -2.11. The van der Waals surface area contributed by atoms with E-state index in [1.807, 2.05) is 57.2 Å². The van der Waals surface area contributed by atoms with Gasteiger partial charge in [-0.1, -0.05) is 18.2 Å². The van der Waals surface area contributed by atoms with Crippen molar-refractivity contribution in [3.8, 4) is 11.5 Å². The molecule has 0 aromatic heterocycles. The first-order chi connectivity index (χ1) is 11.5. The van der Waals surface area contributed by atoms with Crippen LogP contribution in [-0.2, 0) is 11.2 Å². The molecule has 128 valence electrons. The number of methoxy groups -OCH3 is 1. The van der Waals surface area contributed by atoms with E-state index in [9.17, 15) is 4.79 Å². The van der Waals surface area contributed by atoms with Crippen LogP contribution in [-0.4, -0.2) is 19.1 Å². The third kappa shape index (κ3) is 5.30. The van der Waals surface area contributed by atoms with Gasteiger partial charge in [0.2, 0.25) is 5.91 Å². The molecule has 0 heterocycles. The van der Waals surface area contributed by atoms with Crippen LogP contribution in [0.2, 0.25) is 0 Å². The van der Waals surface area contributed by atoms with Gasteiger partial charge in [0, 0.05) is 18.2 Å². The number of aryl methyl sites for hydroxylation is 2. The molecule has 0 saturated carbocycles. The van der Waals surface area contributed by atoms with Gasteiger partial charge >= 0.3 is 0 Å². The summed E-state index contributed by atoms with van der Waals surface area (Å²) in [6.45, 7) is 5.95. The van der Waals surface area contributed by atoms with Crippen molar-refractivity contribution in [2.24, 2.45) is 0 Å². The summed E-state index contributed by atoms with van der Waals surface area (Å²) in [5.74, 6) is 1.61. The van der Waals surface area contributed by atoms with Crippen LogP contribution in [0.5, 0.6) is 11.5 Å². The second kappa shape index (κ2) is 8.39.